The Morgan fingerprint density at radius 2 is 1.69 bits per heavy atom. The van der Waals surface area contributed by atoms with Crippen molar-refractivity contribution in [1.29, 1.82) is 0 Å². The summed E-state index contributed by atoms with van der Waals surface area (Å²) in [7, 11) is 1.16. The van der Waals surface area contributed by atoms with Gasteiger partial charge in [-0.3, -0.25) is 9.69 Å². The summed E-state index contributed by atoms with van der Waals surface area (Å²) >= 11 is 0. The summed E-state index contributed by atoms with van der Waals surface area (Å²) in [6.07, 6.45) is 2.03. The zero-order valence-corrected chi connectivity index (χ0v) is 24.4. The molecule has 6 nitrogen and oxygen atoms in total. The lowest BCUT2D eigenvalue weighted by atomic mass is 9.91. The highest BCUT2D eigenvalue weighted by Crippen LogP contribution is 2.39. The van der Waals surface area contributed by atoms with Crippen molar-refractivity contribution in [3.8, 4) is 16.9 Å². The molecule has 0 bridgehead atoms. The Labute approximate surface area is 246 Å². The van der Waals surface area contributed by atoms with Gasteiger partial charge in [-0.05, 0) is 65.6 Å². The topological polar surface area (TPSA) is 67.9 Å². The molecular formula is C34H38F2N2O4. The lowest BCUT2D eigenvalue weighted by Gasteiger charge is -2.35. The molecule has 1 amide bonds. The molecule has 8 heteroatoms. The minimum absolute atomic E-state index is 0.0259. The van der Waals surface area contributed by atoms with Crippen LogP contribution in [0.15, 0.2) is 60.7 Å². The number of nitrogens with zero attached hydrogens (tertiary/aromatic N) is 1. The van der Waals surface area contributed by atoms with Gasteiger partial charge in [-0.1, -0.05) is 50.2 Å². The zero-order valence-electron chi connectivity index (χ0n) is 24.4. The standard InChI is InChI=1S/C34H38F2N2O4/c1-21-13-22(2)18-38(17-21)19-23-7-11-27(12-8-23)42-20-26-14-29(26)33(39)37-16-25-10-9-24(15-31(25)36)28-5-4-6-30(35)32(28)34(40)41-3/h4-12,15,21-22,26,29H,13-14,16-20H2,1-3H3,(H,37,39). The number of amides is 1. The Morgan fingerprint density at radius 1 is 0.952 bits per heavy atom. The van der Waals surface area contributed by atoms with E-state index in [1.165, 1.54) is 36.2 Å². The zero-order chi connectivity index (χ0) is 29.8. The number of nitrogens with one attached hydrogen (secondary N) is 1. The molecular weight excluding hydrogens is 538 g/mol. The van der Waals surface area contributed by atoms with Gasteiger partial charge in [-0.2, -0.15) is 0 Å². The van der Waals surface area contributed by atoms with E-state index in [2.05, 4.69) is 40.9 Å². The van der Waals surface area contributed by atoms with E-state index in [9.17, 15) is 18.4 Å². The van der Waals surface area contributed by atoms with E-state index < -0.39 is 17.6 Å². The highest BCUT2D eigenvalue weighted by Gasteiger charge is 2.43. The van der Waals surface area contributed by atoms with Crippen molar-refractivity contribution in [2.75, 3.05) is 26.8 Å². The number of piperidine rings is 1. The van der Waals surface area contributed by atoms with Gasteiger partial charge in [0.15, 0.2) is 0 Å². The summed E-state index contributed by atoms with van der Waals surface area (Å²) in [6, 6.07) is 16.7. The van der Waals surface area contributed by atoms with Gasteiger partial charge in [0.2, 0.25) is 5.91 Å². The second-order valence-corrected chi connectivity index (χ2v) is 11.9. The van der Waals surface area contributed by atoms with E-state index in [1.54, 1.807) is 6.07 Å². The molecule has 5 rings (SSSR count). The number of likely N-dealkylation sites (tertiary alicyclic amines) is 1. The summed E-state index contributed by atoms with van der Waals surface area (Å²) in [5.41, 5.74) is 1.89. The predicted molar refractivity (Wildman–Crippen MR) is 157 cm³/mol. The van der Waals surface area contributed by atoms with E-state index in [1.807, 2.05) is 12.1 Å². The molecule has 3 aromatic rings. The third-order valence-electron chi connectivity index (χ3n) is 8.22. The molecule has 42 heavy (non-hydrogen) atoms. The van der Waals surface area contributed by atoms with Gasteiger partial charge in [0, 0.05) is 43.6 Å². The second kappa shape index (κ2) is 13.0. The van der Waals surface area contributed by atoms with Gasteiger partial charge in [0.25, 0.3) is 0 Å². The quantitative estimate of drug-likeness (QED) is 0.290. The first-order valence-electron chi connectivity index (χ1n) is 14.6. The molecule has 1 heterocycles. The Kier molecular flexibility index (Phi) is 9.21. The van der Waals surface area contributed by atoms with Crippen LogP contribution in [0.5, 0.6) is 5.75 Å². The summed E-state index contributed by atoms with van der Waals surface area (Å²) in [4.78, 5) is 27.3. The number of hydrogen-bond acceptors (Lipinski definition) is 5. The molecule has 2 fully saturated rings. The number of ether oxygens (including phenoxy) is 2. The first kappa shape index (κ1) is 29.7. The predicted octanol–water partition coefficient (Wildman–Crippen LogP) is 6.23. The van der Waals surface area contributed by atoms with Gasteiger partial charge >= 0.3 is 5.97 Å². The van der Waals surface area contributed by atoms with Crippen LogP contribution in [-0.2, 0) is 22.6 Å². The van der Waals surface area contributed by atoms with E-state index in [-0.39, 0.29) is 35.4 Å². The normalized spacial score (nSPS) is 21.9. The van der Waals surface area contributed by atoms with Crippen molar-refractivity contribution in [1.82, 2.24) is 10.2 Å². The van der Waals surface area contributed by atoms with Gasteiger partial charge in [-0.25, -0.2) is 13.6 Å². The van der Waals surface area contributed by atoms with E-state index in [0.717, 1.165) is 56.8 Å². The van der Waals surface area contributed by atoms with Crippen molar-refractivity contribution in [2.24, 2.45) is 23.7 Å². The van der Waals surface area contributed by atoms with E-state index in [4.69, 9.17) is 4.74 Å². The molecule has 4 atom stereocenters. The van der Waals surface area contributed by atoms with Crippen LogP contribution in [0.2, 0.25) is 0 Å². The maximum absolute atomic E-state index is 14.9. The van der Waals surface area contributed by atoms with Crippen molar-refractivity contribution in [2.45, 2.75) is 39.8 Å². The number of benzene rings is 3. The number of hydrogen-bond donors (Lipinski definition) is 1. The minimum Gasteiger partial charge on any atom is -0.493 e. The van der Waals surface area contributed by atoms with E-state index >= 15 is 0 Å². The van der Waals surface area contributed by atoms with Crippen molar-refractivity contribution in [3.05, 3.63) is 89.0 Å². The molecule has 2 aliphatic rings. The van der Waals surface area contributed by atoms with Crippen LogP contribution in [0.3, 0.4) is 0 Å². The molecule has 1 N–H and O–H groups in total. The summed E-state index contributed by atoms with van der Waals surface area (Å²) in [5.74, 6) is -0.0563. The summed E-state index contributed by atoms with van der Waals surface area (Å²) in [5, 5.41) is 2.82. The van der Waals surface area contributed by atoms with E-state index in [0.29, 0.717) is 17.7 Å². The molecule has 1 aliphatic carbocycles. The van der Waals surface area contributed by atoms with Gasteiger partial charge in [-0.15, -0.1) is 0 Å². The Morgan fingerprint density at radius 3 is 2.38 bits per heavy atom. The van der Waals surface area contributed by atoms with Crippen LogP contribution >= 0.6 is 0 Å². The highest BCUT2D eigenvalue weighted by molar-refractivity contribution is 5.97. The number of methoxy groups -OCH3 is 1. The largest absolute Gasteiger partial charge is 0.493 e. The number of carbonyl (C=O) groups is 2. The number of rotatable bonds is 10. The minimum atomic E-state index is -0.836. The van der Waals surface area contributed by atoms with Crippen LogP contribution < -0.4 is 10.1 Å². The summed E-state index contributed by atoms with van der Waals surface area (Å²) < 4.78 is 39.8. The first-order valence-corrected chi connectivity index (χ1v) is 14.6. The van der Waals surface area contributed by atoms with Crippen LogP contribution in [0.25, 0.3) is 11.1 Å². The monoisotopic (exact) mass is 576 g/mol. The second-order valence-electron chi connectivity index (χ2n) is 11.9. The van der Waals surface area contributed by atoms with Gasteiger partial charge in [0.1, 0.15) is 22.9 Å². The maximum atomic E-state index is 14.9. The third-order valence-corrected chi connectivity index (χ3v) is 8.22. The third kappa shape index (κ3) is 7.16. The fourth-order valence-electron chi connectivity index (χ4n) is 6.07. The van der Waals surface area contributed by atoms with Crippen LogP contribution in [0, 0.1) is 35.3 Å². The van der Waals surface area contributed by atoms with Crippen LogP contribution in [0.1, 0.15) is 48.2 Å². The fourth-order valence-corrected chi connectivity index (χ4v) is 6.07. The SMILES string of the molecule is COC(=O)c1c(F)cccc1-c1ccc(CNC(=O)C2CC2COc2ccc(CN3CC(C)CC(C)C3)cc2)c(F)c1. The fraction of sp³-hybridized carbons (Fsp3) is 0.412. The first-order chi connectivity index (χ1) is 20.2. The Balaban J connectivity index is 1.08. The van der Waals surface area contributed by atoms with Crippen LogP contribution in [0.4, 0.5) is 8.78 Å². The Hall–Kier alpha value is -3.78. The van der Waals surface area contributed by atoms with Crippen molar-refractivity contribution >= 4 is 11.9 Å². The molecule has 1 saturated heterocycles. The lowest BCUT2D eigenvalue weighted by Crippen LogP contribution is -2.38. The highest BCUT2D eigenvalue weighted by atomic mass is 19.1. The van der Waals surface area contributed by atoms with Gasteiger partial charge < -0.3 is 14.8 Å². The number of halogens is 2. The van der Waals surface area contributed by atoms with Crippen molar-refractivity contribution < 1.29 is 27.8 Å². The molecule has 222 valence electrons. The maximum Gasteiger partial charge on any atom is 0.341 e. The summed E-state index contributed by atoms with van der Waals surface area (Å²) in [6.45, 7) is 8.34. The smallest absolute Gasteiger partial charge is 0.341 e. The molecule has 1 aliphatic heterocycles. The molecule has 4 unspecified atom stereocenters. The molecule has 0 radical (unpaired) electrons. The average molecular weight is 577 g/mol. The molecule has 1 saturated carbocycles. The van der Waals surface area contributed by atoms with Crippen molar-refractivity contribution in [3.63, 3.8) is 0 Å². The average Bonchev–Trinajstić information content (AvgIpc) is 3.75. The molecule has 0 spiro atoms. The number of esters is 1. The lowest BCUT2D eigenvalue weighted by molar-refractivity contribution is -0.122. The molecule has 0 aromatic heterocycles. The Bertz CT molecular complexity index is 1420. The molecule has 3 aromatic carbocycles. The van der Waals surface area contributed by atoms with Crippen LogP contribution in [-0.4, -0.2) is 43.6 Å². The number of carbonyl (C=O) groups excluding carboxylic acids is 2. The van der Waals surface area contributed by atoms with Gasteiger partial charge in [0.05, 0.1) is 13.7 Å².